The predicted molar refractivity (Wildman–Crippen MR) is 66.5 cm³/mol. The minimum Gasteiger partial charge on any atom is -0.350 e. The summed E-state index contributed by atoms with van der Waals surface area (Å²) in [5.41, 5.74) is 1.62. The van der Waals surface area contributed by atoms with Crippen molar-refractivity contribution in [3.63, 3.8) is 0 Å². The van der Waals surface area contributed by atoms with Crippen LogP contribution in [-0.4, -0.2) is 16.9 Å². The summed E-state index contributed by atoms with van der Waals surface area (Å²) >= 11 is 3.41. The molecule has 0 spiro atoms. The molecule has 1 aromatic heterocycles. The van der Waals surface area contributed by atoms with Crippen LogP contribution in [0.3, 0.4) is 0 Å². The van der Waals surface area contributed by atoms with Crippen LogP contribution < -0.4 is 5.32 Å². The molecular formula is C12H11BrN2O. The Morgan fingerprint density at radius 2 is 2.19 bits per heavy atom. The number of nitrogens with one attached hydrogen (secondary N) is 2. The van der Waals surface area contributed by atoms with Crippen molar-refractivity contribution < 1.29 is 4.79 Å². The molecule has 0 atom stereocenters. The normalized spacial score (nSPS) is 15.3. The van der Waals surface area contributed by atoms with E-state index in [2.05, 4.69) is 26.2 Å². The quantitative estimate of drug-likeness (QED) is 0.872. The highest BCUT2D eigenvalue weighted by Gasteiger charge is 2.24. The largest absolute Gasteiger partial charge is 0.350 e. The topological polar surface area (TPSA) is 44.9 Å². The first-order valence-electron chi connectivity index (χ1n) is 5.31. The van der Waals surface area contributed by atoms with Crippen LogP contribution in [0.5, 0.6) is 0 Å². The van der Waals surface area contributed by atoms with Crippen molar-refractivity contribution in [2.75, 3.05) is 0 Å². The number of fused-ring (bicyclic) bond motifs is 1. The van der Waals surface area contributed by atoms with Crippen molar-refractivity contribution in [1.29, 1.82) is 0 Å². The monoisotopic (exact) mass is 278 g/mol. The zero-order chi connectivity index (χ0) is 11.1. The maximum absolute atomic E-state index is 11.8. The lowest BCUT2D eigenvalue weighted by Crippen LogP contribution is -2.25. The van der Waals surface area contributed by atoms with Gasteiger partial charge in [-0.2, -0.15) is 0 Å². The Labute approximate surface area is 101 Å². The summed E-state index contributed by atoms with van der Waals surface area (Å²) in [5.74, 6) is -0.00479. The molecule has 0 bridgehead atoms. The smallest absolute Gasteiger partial charge is 0.267 e. The third kappa shape index (κ3) is 1.85. The molecule has 16 heavy (non-hydrogen) atoms. The first-order chi connectivity index (χ1) is 7.72. The summed E-state index contributed by atoms with van der Waals surface area (Å²) in [6, 6.07) is 8.22. The number of carbonyl (C=O) groups is 1. The molecule has 1 amide bonds. The second-order valence-corrected chi connectivity index (χ2v) is 5.08. The number of halogens is 1. The van der Waals surface area contributed by atoms with E-state index in [0.29, 0.717) is 11.7 Å². The standard InChI is InChI=1S/C12H11BrN2O/c13-8-2-1-7-5-11(15-10(7)6-8)12(16)14-9-3-4-9/h1-2,5-6,9,15H,3-4H2,(H,14,16). The van der Waals surface area contributed by atoms with Crippen LogP contribution >= 0.6 is 15.9 Å². The number of hydrogen-bond donors (Lipinski definition) is 2. The molecule has 0 unspecified atom stereocenters. The first-order valence-corrected chi connectivity index (χ1v) is 6.11. The van der Waals surface area contributed by atoms with Crippen molar-refractivity contribution >= 4 is 32.7 Å². The molecule has 2 N–H and O–H groups in total. The molecule has 0 saturated heterocycles. The molecule has 0 aliphatic heterocycles. The number of rotatable bonds is 2. The van der Waals surface area contributed by atoms with Gasteiger partial charge in [0.05, 0.1) is 0 Å². The fourth-order valence-corrected chi connectivity index (χ4v) is 2.07. The van der Waals surface area contributed by atoms with Crippen LogP contribution in [0.15, 0.2) is 28.7 Å². The van der Waals surface area contributed by atoms with E-state index in [1.165, 1.54) is 0 Å². The van der Waals surface area contributed by atoms with Crippen LogP contribution in [0.1, 0.15) is 23.3 Å². The number of amides is 1. The van der Waals surface area contributed by atoms with Gasteiger partial charge in [0.25, 0.3) is 5.91 Å². The lowest BCUT2D eigenvalue weighted by molar-refractivity contribution is 0.0947. The minimum absolute atomic E-state index is 0.00479. The third-order valence-electron chi connectivity index (χ3n) is 2.74. The summed E-state index contributed by atoms with van der Waals surface area (Å²) < 4.78 is 1.01. The number of carbonyl (C=O) groups excluding carboxylic acids is 1. The van der Waals surface area contributed by atoms with Crippen molar-refractivity contribution in [3.05, 3.63) is 34.4 Å². The summed E-state index contributed by atoms with van der Waals surface area (Å²) in [6.07, 6.45) is 2.22. The summed E-state index contributed by atoms with van der Waals surface area (Å²) in [5, 5.41) is 4.02. The average molecular weight is 279 g/mol. The minimum atomic E-state index is -0.00479. The van der Waals surface area contributed by atoms with E-state index in [-0.39, 0.29) is 5.91 Å². The van der Waals surface area contributed by atoms with Gasteiger partial charge in [-0.1, -0.05) is 22.0 Å². The predicted octanol–water partition coefficient (Wildman–Crippen LogP) is 2.82. The van der Waals surface area contributed by atoms with Crippen LogP contribution in [-0.2, 0) is 0 Å². The number of aromatic amines is 1. The second-order valence-electron chi connectivity index (χ2n) is 4.16. The molecule has 1 fully saturated rings. The Morgan fingerprint density at radius 1 is 1.38 bits per heavy atom. The van der Waals surface area contributed by atoms with Gasteiger partial charge in [0.15, 0.2) is 0 Å². The Kier molecular flexibility index (Phi) is 2.24. The maximum Gasteiger partial charge on any atom is 0.267 e. The highest BCUT2D eigenvalue weighted by atomic mass is 79.9. The molecule has 1 aliphatic carbocycles. The van der Waals surface area contributed by atoms with E-state index in [9.17, 15) is 4.79 Å². The molecular weight excluding hydrogens is 268 g/mol. The molecule has 1 heterocycles. The summed E-state index contributed by atoms with van der Waals surface area (Å²) in [6.45, 7) is 0. The van der Waals surface area contributed by atoms with Gasteiger partial charge in [-0.3, -0.25) is 4.79 Å². The summed E-state index contributed by atoms with van der Waals surface area (Å²) in [7, 11) is 0. The number of aromatic nitrogens is 1. The Morgan fingerprint density at radius 3 is 2.94 bits per heavy atom. The second kappa shape index (κ2) is 3.63. The van der Waals surface area contributed by atoms with E-state index in [1.807, 2.05) is 24.3 Å². The van der Waals surface area contributed by atoms with Crippen LogP contribution in [0.2, 0.25) is 0 Å². The van der Waals surface area contributed by atoms with Crippen molar-refractivity contribution in [2.45, 2.75) is 18.9 Å². The first kappa shape index (κ1) is 9.90. The molecule has 0 radical (unpaired) electrons. The Hall–Kier alpha value is -1.29. The van der Waals surface area contributed by atoms with E-state index in [0.717, 1.165) is 28.2 Å². The molecule has 2 aromatic rings. The number of hydrogen-bond acceptors (Lipinski definition) is 1. The molecule has 1 aromatic carbocycles. The molecule has 1 saturated carbocycles. The lowest BCUT2D eigenvalue weighted by atomic mass is 10.2. The zero-order valence-corrected chi connectivity index (χ0v) is 10.2. The van der Waals surface area contributed by atoms with Gasteiger partial charge >= 0.3 is 0 Å². The van der Waals surface area contributed by atoms with E-state index in [1.54, 1.807) is 0 Å². The molecule has 3 nitrogen and oxygen atoms in total. The van der Waals surface area contributed by atoms with E-state index < -0.39 is 0 Å². The Balaban J connectivity index is 1.94. The maximum atomic E-state index is 11.8. The molecule has 1 aliphatic rings. The van der Waals surface area contributed by atoms with Gasteiger partial charge in [0.1, 0.15) is 5.69 Å². The van der Waals surface area contributed by atoms with E-state index >= 15 is 0 Å². The van der Waals surface area contributed by atoms with Crippen LogP contribution in [0.25, 0.3) is 10.9 Å². The SMILES string of the molecule is O=C(NC1CC1)c1cc2ccc(Br)cc2[nH]1. The Bertz CT molecular complexity index is 557. The summed E-state index contributed by atoms with van der Waals surface area (Å²) in [4.78, 5) is 14.9. The molecule has 3 rings (SSSR count). The van der Waals surface area contributed by atoms with Crippen molar-refractivity contribution in [1.82, 2.24) is 10.3 Å². The highest BCUT2D eigenvalue weighted by Crippen LogP contribution is 2.22. The van der Waals surface area contributed by atoms with Crippen LogP contribution in [0, 0.1) is 0 Å². The van der Waals surface area contributed by atoms with Gasteiger partial charge < -0.3 is 10.3 Å². The molecule has 4 heteroatoms. The lowest BCUT2D eigenvalue weighted by Gasteiger charge is -1.98. The van der Waals surface area contributed by atoms with Gasteiger partial charge in [0, 0.05) is 21.4 Å². The number of benzene rings is 1. The molecule has 82 valence electrons. The van der Waals surface area contributed by atoms with E-state index in [4.69, 9.17) is 0 Å². The zero-order valence-electron chi connectivity index (χ0n) is 8.59. The van der Waals surface area contributed by atoms with Gasteiger partial charge in [-0.05, 0) is 31.0 Å². The van der Waals surface area contributed by atoms with Gasteiger partial charge in [-0.15, -0.1) is 0 Å². The number of H-pyrrole nitrogens is 1. The van der Waals surface area contributed by atoms with Crippen molar-refractivity contribution in [2.24, 2.45) is 0 Å². The third-order valence-corrected chi connectivity index (χ3v) is 3.23. The average Bonchev–Trinajstić information content (AvgIpc) is 2.95. The van der Waals surface area contributed by atoms with Gasteiger partial charge in [0.2, 0.25) is 0 Å². The highest BCUT2D eigenvalue weighted by molar-refractivity contribution is 9.10. The fourth-order valence-electron chi connectivity index (χ4n) is 1.71. The fraction of sp³-hybridized carbons (Fsp3) is 0.250. The van der Waals surface area contributed by atoms with Gasteiger partial charge in [-0.25, -0.2) is 0 Å². The van der Waals surface area contributed by atoms with Crippen molar-refractivity contribution in [3.8, 4) is 0 Å². The van der Waals surface area contributed by atoms with Crippen LogP contribution in [0.4, 0.5) is 0 Å².